The van der Waals surface area contributed by atoms with E-state index in [4.69, 9.17) is 0 Å². The van der Waals surface area contributed by atoms with Crippen LogP contribution in [0.2, 0.25) is 0 Å². The predicted molar refractivity (Wildman–Crippen MR) is 87.6 cm³/mol. The minimum absolute atomic E-state index is 0.000587. The summed E-state index contributed by atoms with van der Waals surface area (Å²) in [7, 11) is 0. The number of hydrogen-bond donors (Lipinski definition) is 2. The average Bonchev–Trinajstić information content (AvgIpc) is 3.38. The van der Waals surface area contributed by atoms with Crippen LogP contribution in [0.5, 0.6) is 5.75 Å². The lowest BCUT2D eigenvalue weighted by atomic mass is 9.96. The van der Waals surface area contributed by atoms with Gasteiger partial charge in [0.15, 0.2) is 0 Å². The number of rotatable bonds is 5. The van der Waals surface area contributed by atoms with E-state index >= 15 is 0 Å². The van der Waals surface area contributed by atoms with Crippen molar-refractivity contribution in [3.8, 4) is 5.75 Å². The molecule has 0 atom stereocenters. The van der Waals surface area contributed by atoms with Gasteiger partial charge in [0.05, 0.1) is 0 Å². The van der Waals surface area contributed by atoms with E-state index in [2.05, 4.69) is 15.4 Å². The summed E-state index contributed by atoms with van der Waals surface area (Å²) in [6.07, 6.45) is 3.24. The normalized spacial score (nSPS) is 18.1. The molecule has 1 heterocycles. The van der Waals surface area contributed by atoms with Crippen LogP contribution in [-0.2, 0) is 4.79 Å². The van der Waals surface area contributed by atoms with Gasteiger partial charge in [0, 0.05) is 36.8 Å². The van der Waals surface area contributed by atoms with Crippen molar-refractivity contribution in [1.29, 1.82) is 0 Å². The quantitative estimate of drug-likeness (QED) is 0.855. The van der Waals surface area contributed by atoms with E-state index in [1.807, 2.05) is 0 Å². The number of nitrogens with one attached hydrogen (secondary N) is 2. The molecule has 0 aromatic heterocycles. The van der Waals surface area contributed by atoms with E-state index in [-0.39, 0.29) is 23.6 Å². The molecule has 0 radical (unpaired) electrons. The third-order valence-electron chi connectivity index (χ3n) is 4.38. The number of halogens is 2. The number of carbonyl (C=O) groups excluding carboxylic acids is 2. The molecule has 3 amide bonds. The molecule has 1 aliphatic heterocycles. The van der Waals surface area contributed by atoms with Gasteiger partial charge < -0.3 is 20.3 Å². The Balaban J connectivity index is 1.48. The minimum Gasteiger partial charge on any atom is -0.435 e. The minimum atomic E-state index is -2.91. The first kappa shape index (κ1) is 17.4. The number of anilines is 1. The summed E-state index contributed by atoms with van der Waals surface area (Å²) in [6, 6.07) is 6.18. The number of ether oxygens (including phenoxy) is 1. The van der Waals surface area contributed by atoms with Crippen molar-refractivity contribution in [3.05, 3.63) is 24.3 Å². The molecule has 8 heteroatoms. The number of nitrogens with zero attached hydrogens (tertiary/aromatic N) is 1. The maximum absolute atomic E-state index is 12.3. The molecule has 0 unspecified atom stereocenters. The summed E-state index contributed by atoms with van der Waals surface area (Å²) in [5, 5.41) is 5.67. The van der Waals surface area contributed by atoms with Gasteiger partial charge in [-0.05, 0) is 37.8 Å². The van der Waals surface area contributed by atoms with Crippen molar-refractivity contribution in [1.82, 2.24) is 10.2 Å². The van der Waals surface area contributed by atoms with Crippen molar-refractivity contribution >= 4 is 17.6 Å². The van der Waals surface area contributed by atoms with Gasteiger partial charge in [0.25, 0.3) is 0 Å². The number of benzene rings is 1. The van der Waals surface area contributed by atoms with Crippen molar-refractivity contribution in [2.75, 3.05) is 18.4 Å². The summed E-state index contributed by atoms with van der Waals surface area (Å²) >= 11 is 0. The molecule has 1 aliphatic carbocycles. The van der Waals surface area contributed by atoms with Crippen molar-refractivity contribution in [2.24, 2.45) is 5.92 Å². The van der Waals surface area contributed by atoms with E-state index in [0.717, 1.165) is 12.8 Å². The van der Waals surface area contributed by atoms with Crippen LogP contribution in [0.4, 0.5) is 19.3 Å². The Morgan fingerprint density at radius 1 is 1.16 bits per heavy atom. The van der Waals surface area contributed by atoms with Crippen molar-refractivity contribution < 1.29 is 23.1 Å². The summed E-state index contributed by atoms with van der Waals surface area (Å²) in [5.74, 6) is -0.375. The molecule has 0 bridgehead atoms. The van der Waals surface area contributed by atoms with Crippen LogP contribution in [0.1, 0.15) is 25.7 Å². The number of alkyl halides is 2. The highest BCUT2D eigenvalue weighted by molar-refractivity contribution is 5.93. The molecule has 1 aromatic rings. The Hall–Kier alpha value is -2.38. The maximum Gasteiger partial charge on any atom is 0.387 e. The molecule has 1 saturated carbocycles. The first-order valence-corrected chi connectivity index (χ1v) is 8.42. The summed E-state index contributed by atoms with van der Waals surface area (Å²) in [5.41, 5.74) is 0.414. The van der Waals surface area contributed by atoms with E-state index < -0.39 is 6.61 Å². The zero-order valence-corrected chi connectivity index (χ0v) is 13.7. The fourth-order valence-electron chi connectivity index (χ4n) is 2.83. The van der Waals surface area contributed by atoms with Crippen molar-refractivity contribution in [2.45, 2.75) is 38.3 Å². The van der Waals surface area contributed by atoms with Gasteiger partial charge in [0.1, 0.15) is 5.75 Å². The Morgan fingerprint density at radius 2 is 1.88 bits per heavy atom. The van der Waals surface area contributed by atoms with Crippen molar-refractivity contribution in [3.63, 3.8) is 0 Å². The monoisotopic (exact) mass is 353 g/mol. The molecule has 25 heavy (non-hydrogen) atoms. The average molecular weight is 353 g/mol. The molecule has 2 N–H and O–H groups in total. The lowest BCUT2D eigenvalue weighted by Gasteiger charge is -2.31. The molecule has 3 rings (SSSR count). The van der Waals surface area contributed by atoms with E-state index in [0.29, 0.717) is 37.7 Å². The SMILES string of the molecule is O=C(Nc1cccc(OC(F)F)c1)C1CCN(C(=O)NC2CC2)CC1. The van der Waals surface area contributed by atoms with Crippen LogP contribution in [0.15, 0.2) is 24.3 Å². The summed E-state index contributed by atoms with van der Waals surface area (Å²) in [4.78, 5) is 26.1. The van der Waals surface area contributed by atoms with Crippen LogP contribution < -0.4 is 15.4 Å². The molecule has 2 aliphatic rings. The molecule has 0 spiro atoms. The van der Waals surface area contributed by atoms with Gasteiger partial charge in [-0.25, -0.2) is 4.79 Å². The highest BCUT2D eigenvalue weighted by Gasteiger charge is 2.30. The van der Waals surface area contributed by atoms with Gasteiger partial charge in [-0.15, -0.1) is 0 Å². The highest BCUT2D eigenvalue weighted by Crippen LogP contribution is 2.24. The zero-order valence-electron chi connectivity index (χ0n) is 13.7. The van der Waals surface area contributed by atoms with E-state index in [1.165, 1.54) is 18.2 Å². The Kier molecular flexibility index (Phi) is 5.35. The Labute approximate surface area is 144 Å². The van der Waals surface area contributed by atoms with Gasteiger partial charge in [0.2, 0.25) is 5.91 Å². The summed E-state index contributed by atoms with van der Waals surface area (Å²) in [6.45, 7) is -1.84. The molecule has 6 nitrogen and oxygen atoms in total. The lowest BCUT2D eigenvalue weighted by molar-refractivity contribution is -0.121. The number of carbonyl (C=O) groups is 2. The number of hydrogen-bond acceptors (Lipinski definition) is 3. The first-order valence-electron chi connectivity index (χ1n) is 8.42. The second-order valence-corrected chi connectivity index (χ2v) is 6.38. The van der Waals surface area contributed by atoms with E-state index in [1.54, 1.807) is 11.0 Å². The third-order valence-corrected chi connectivity index (χ3v) is 4.38. The molecule has 2 fully saturated rings. The van der Waals surface area contributed by atoms with Gasteiger partial charge in [-0.2, -0.15) is 8.78 Å². The third kappa shape index (κ3) is 5.04. The maximum atomic E-state index is 12.3. The smallest absolute Gasteiger partial charge is 0.387 e. The predicted octanol–water partition coefficient (Wildman–Crippen LogP) is 2.81. The number of likely N-dealkylation sites (tertiary alicyclic amines) is 1. The highest BCUT2D eigenvalue weighted by atomic mass is 19.3. The fraction of sp³-hybridized carbons (Fsp3) is 0.529. The Morgan fingerprint density at radius 3 is 2.52 bits per heavy atom. The molecule has 1 saturated heterocycles. The Bertz CT molecular complexity index is 629. The molecule has 136 valence electrons. The van der Waals surface area contributed by atoms with Crippen LogP contribution in [-0.4, -0.2) is 42.6 Å². The largest absolute Gasteiger partial charge is 0.435 e. The molecule has 1 aromatic carbocycles. The van der Waals surface area contributed by atoms with Gasteiger partial charge in [-0.3, -0.25) is 4.79 Å². The molecular formula is C17H21F2N3O3. The van der Waals surface area contributed by atoms with Crippen LogP contribution in [0.3, 0.4) is 0 Å². The van der Waals surface area contributed by atoms with Gasteiger partial charge >= 0.3 is 12.6 Å². The standard InChI is InChI=1S/C17H21F2N3O3/c18-16(19)25-14-3-1-2-13(10-14)20-15(23)11-6-8-22(9-7-11)17(24)21-12-4-5-12/h1-3,10-12,16H,4-9H2,(H,20,23)(H,21,24). The number of urea groups is 1. The number of piperidine rings is 1. The zero-order chi connectivity index (χ0) is 17.8. The van der Waals surface area contributed by atoms with Crippen LogP contribution in [0.25, 0.3) is 0 Å². The first-order chi connectivity index (χ1) is 12.0. The van der Waals surface area contributed by atoms with Gasteiger partial charge in [-0.1, -0.05) is 6.07 Å². The van der Waals surface area contributed by atoms with Crippen LogP contribution >= 0.6 is 0 Å². The van der Waals surface area contributed by atoms with Crippen LogP contribution in [0, 0.1) is 5.92 Å². The molecular weight excluding hydrogens is 332 g/mol. The van der Waals surface area contributed by atoms with E-state index in [9.17, 15) is 18.4 Å². The lowest BCUT2D eigenvalue weighted by Crippen LogP contribution is -2.46. The summed E-state index contributed by atoms with van der Waals surface area (Å²) < 4.78 is 28.8. The second-order valence-electron chi connectivity index (χ2n) is 6.38. The fourth-order valence-corrected chi connectivity index (χ4v) is 2.83. The topological polar surface area (TPSA) is 70.7 Å². The second kappa shape index (κ2) is 7.67. The number of amides is 3.